The molecule has 3 aliphatic rings. The number of carbonyl (C=O) groups excluding carboxylic acids is 2. The largest absolute Gasteiger partial charge is 0.343 e. The Morgan fingerprint density at radius 1 is 1.02 bits per heavy atom. The standard InChI is InChI=1S/C31H39ClN6O2/c1-21-6-7-26(19-28(21)32)37(31(40)23-10-15-35(16-11-23)22(2)39)14-4-13-36-24-8-9-25(36)18-27(17-24)38-20-34-29-5-3-12-33-30(29)38/h3,5-7,12,19-20,23-25,27H,4,8-11,13-18H2,1-2H3. The summed E-state index contributed by atoms with van der Waals surface area (Å²) in [6, 6.07) is 11.5. The number of halogens is 1. The number of nitrogens with zero attached hydrogens (tertiary/aromatic N) is 6. The number of anilines is 1. The van der Waals surface area contributed by atoms with E-state index in [1.54, 1.807) is 6.92 Å². The van der Waals surface area contributed by atoms with Crippen LogP contribution in [-0.2, 0) is 9.59 Å². The summed E-state index contributed by atoms with van der Waals surface area (Å²) in [5.41, 5.74) is 3.83. The third-order valence-electron chi connectivity index (χ3n) is 9.41. The number of hydrogen-bond donors (Lipinski definition) is 0. The number of aromatic nitrogens is 3. The first kappa shape index (κ1) is 27.2. The average Bonchev–Trinajstić information content (AvgIpc) is 3.49. The van der Waals surface area contributed by atoms with Crippen LogP contribution < -0.4 is 4.90 Å². The highest BCUT2D eigenvalue weighted by molar-refractivity contribution is 6.31. The summed E-state index contributed by atoms with van der Waals surface area (Å²) < 4.78 is 2.29. The van der Waals surface area contributed by atoms with Crippen LogP contribution in [0.4, 0.5) is 5.69 Å². The van der Waals surface area contributed by atoms with Crippen molar-refractivity contribution in [3.63, 3.8) is 0 Å². The summed E-state index contributed by atoms with van der Waals surface area (Å²) in [5, 5.41) is 0.684. The lowest BCUT2D eigenvalue weighted by molar-refractivity contribution is -0.133. The lowest BCUT2D eigenvalue weighted by Crippen LogP contribution is -2.46. The quantitative estimate of drug-likeness (QED) is 0.393. The fourth-order valence-electron chi connectivity index (χ4n) is 7.16. The highest BCUT2D eigenvalue weighted by Gasteiger charge is 2.41. The Morgan fingerprint density at radius 3 is 2.48 bits per heavy atom. The maximum absolute atomic E-state index is 13.8. The molecule has 3 saturated heterocycles. The third kappa shape index (κ3) is 5.36. The smallest absolute Gasteiger partial charge is 0.230 e. The molecular weight excluding hydrogens is 524 g/mol. The van der Waals surface area contributed by atoms with E-state index in [9.17, 15) is 9.59 Å². The summed E-state index contributed by atoms with van der Waals surface area (Å²) in [4.78, 5) is 41.3. The van der Waals surface area contributed by atoms with E-state index in [1.807, 2.05) is 59.6 Å². The Morgan fingerprint density at radius 2 is 1.77 bits per heavy atom. The zero-order valence-corrected chi connectivity index (χ0v) is 24.3. The van der Waals surface area contributed by atoms with Gasteiger partial charge in [-0.1, -0.05) is 17.7 Å². The van der Waals surface area contributed by atoms with Crippen LogP contribution in [-0.4, -0.2) is 74.4 Å². The number of aryl methyl sites for hydroxylation is 1. The molecule has 40 heavy (non-hydrogen) atoms. The van der Waals surface area contributed by atoms with Crippen molar-refractivity contribution in [2.24, 2.45) is 5.92 Å². The number of pyridine rings is 1. The molecule has 0 spiro atoms. The van der Waals surface area contributed by atoms with Crippen molar-refractivity contribution in [3.8, 4) is 0 Å². The highest BCUT2D eigenvalue weighted by Crippen LogP contribution is 2.41. The molecule has 0 saturated carbocycles. The second kappa shape index (κ2) is 11.5. The first-order chi connectivity index (χ1) is 19.4. The molecule has 5 heterocycles. The molecule has 6 rings (SSSR count). The van der Waals surface area contributed by atoms with Crippen LogP contribution in [0.25, 0.3) is 11.2 Å². The van der Waals surface area contributed by atoms with Crippen molar-refractivity contribution in [3.05, 3.63) is 53.4 Å². The molecule has 1 aromatic carbocycles. The maximum Gasteiger partial charge on any atom is 0.230 e. The first-order valence-corrected chi connectivity index (χ1v) is 15.1. The second-order valence-electron chi connectivity index (χ2n) is 11.8. The maximum atomic E-state index is 13.8. The molecule has 2 bridgehead atoms. The Hall–Kier alpha value is -2.97. The minimum Gasteiger partial charge on any atom is -0.343 e. The Balaban J connectivity index is 1.11. The van der Waals surface area contributed by atoms with E-state index in [1.165, 1.54) is 12.8 Å². The van der Waals surface area contributed by atoms with Gasteiger partial charge in [-0.2, -0.15) is 0 Å². The second-order valence-corrected chi connectivity index (χ2v) is 12.2. The van der Waals surface area contributed by atoms with Crippen LogP contribution in [0.2, 0.25) is 5.02 Å². The van der Waals surface area contributed by atoms with Crippen molar-refractivity contribution in [2.45, 2.75) is 76.9 Å². The van der Waals surface area contributed by atoms with Crippen LogP contribution in [0.1, 0.15) is 63.5 Å². The number of amides is 2. The predicted molar refractivity (Wildman–Crippen MR) is 157 cm³/mol. The highest BCUT2D eigenvalue weighted by atomic mass is 35.5. The number of benzene rings is 1. The van der Waals surface area contributed by atoms with Gasteiger partial charge in [0.25, 0.3) is 0 Å². The number of carbonyl (C=O) groups is 2. The van der Waals surface area contributed by atoms with Crippen molar-refractivity contribution >= 4 is 40.3 Å². The molecule has 9 heteroatoms. The fourth-order valence-corrected chi connectivity index (χ4v) is 7.34. The van der Waals surface area contributed by atoms with E-state index in [2.05, 4.69) is 19.4 Å². The summed E-state index contributed by atoms with van der Waals surface area (Å²) in [7, 11) is 0. The molecule has 2 aromatic heterocycles. The van der Waals surface area contributed by atoms with Gasteiger partial charge in [-0.3, -0.25) is 14.5 Å². The van der Waals surface area contributed by atoms with Gasteiger partial charge in [-0.05, 0) is 81.7 Å². The number of hydrogen-bond acceptors (Lipinski definition) is 5. The van der Waals surface area contributed by atoms with Gasteiger partial charge in [0.2, 0.25) is 11.8 Å². The normalized spacial score (nSPS) is 23.6. The Bertz CT molecular complexity index is 1370. The predicted octanol–water partition coefficient (Wildman–Crippen LogP) is 5.24. The van der Waals surface area contributed by atoms with Gasteiger partial charge in [0.1, 0.15) is 5.52 Å². The third-order valence-corrected chi connectivity index (χ3v) is 9.81. The Kier molecular flexibility index (Phi) is 7.82. The molecule has 3 fully saturated rings. The molecule has 0 N–H and O–H groups in total. The van der Waals surface area contributed by atoms with E-state index >= 15 is 0 Å². The molecule has 2 amide bonds. The van der Waals surface area contributed by atoms with Gasteiger partial charge in [0.05, 0.1) is 6.33 Å². The van der Waals surface area contributed by atoms with Gasteiger partial charge < -0.3 is 14.4 Å². The van der Waals surface area contributed by atoms with E-state index in [-0.39, 0.29) is 17.7 Å². The summed E-state index contributed by atoms with van der Waals surface area (Å²) >= 11 is 6.50. The van der Waals surface area contributed by atoms with E-state index in [0.29, 0.717) is 55.6 Å². The number of imidazole rings is 1. The van der Waals surface area contributed by atoms with Gasteiger partial charge >= 0.3 is 0 Å². The minimum atomic E-state index is -0.0683. The number of fused-ring (bicyclic) bond motifs is 3. The molecule has 0 radical (unpaired) electrons. The summed E-state index contributed by atoms with van der Waals surface area (Å²) in [6.45, 7) is 6.53. The van der Waals surface area contributed by atoms with E-state index < -0.39 is 0 Å². The van der Waals surface area contributed by atoms with Gasteiger partial charge in [0.15, 0.2) is 5.65 Å². The van der Waals surface area contributed by atoms with Crippen molar-refractivity contribution in [2.75, 3.05) is 31.1 Å². The van der Waals surface area contributed by atoms with Crippen LogP contribution >= 0.6 is 11.6 Å². The lowest BCUT2D eigenvalue weighted by Gasteiger charge is -2.40. The van der Waals surface area contributed by atoms with Crippen molar-refractivity contribution < 1.29 is 9.59 Å². The molecule has 212 valence electrons. The molecule has 2 unspecified atom stereocenters. The zero-order chi connectivity index (χ0) is 27.8. The van der Waals surface area contributed by atoms with Gasteiger partial charge in [-0.25, -0.2) is 9.97 Å². The molecule has 3 aromatic rings. The van der Waals surface area contributed by atoms with Gasteiger partial charge in [0, 0.05) is 74.1 Å². The van der Waals surface area contributed by atoms with Gasteiger partial charge in [-0.15, -0.1) is 0 Å². The molecule has 3 aliphatic heterocycles. The topological polar surface area (TPSA) is 74.6 Å². The van der Waals surface area contributed by atoms with Crippen molar-refractivity contribution in [1.82, 2.24) is 24.3 Å². The minimum absolute atomic E-state index is 0.0683. The Labute approximate surface area is 241 Å². The van der Waals surface area contributed by atoms with Crippen LogP contribution in [0.3, 0.4) is 0 Å². The molecule has 8 nitrogen and oxygen atoms in total. The SMILES string of the molecule is CC(=O)N1CCC(C(=O)N(CCCN2C3CCC2CC(n2cnc4cccnc42)C3)c2ccc(C)c(Cl)c2)CC1. The zero-order valence-electron chi connectivity index (χ0n) is 23.5. The van der Waals surface area contributed by atoms with E-state index in [4.69, 9.17) is 11.6 Å². The lowest BCUT2D eigenvalue weighted by atomic mass is 9.94. The van der Waals surface area contributed by atoms with Crippen LogP contribution in [0.15, 0.2) is 42.9 Å². The molecular formula is C31H39ClN6O2. The molecule has 0 aliphatic carbocycles. The average molecular weight is 563 g/mol. The summed E-state index contributed by atoms with van der Waals surface area (Å²) in [5.74, 6) is 0.175. The van der Waals surface area contributed by atoms with Crippen LogP contribution in [0.5, 0.6) is 0 Å². The molecule has 2 atom stereocenters. The summed E-state index contributed by atoms with van der Waals surface area (Å²) in [6.07, 6.45) is 10.8. The first-order valence-electron chi connectivity index (χ1n) is 14.8. The van der Waals surface area contributed by atoms with E-state index in [0.717, 1.165) is 48.2 Å². The monoisotopic (exact) mass is 562 g/mol. The number of piperidine rings is 2. The number of rotatable bonds is 7. The van der Waals surface area contributed by atoms with Crippen molar-refractivity contribution in [1.29, 1.82) is 0 Å². The van der Waals surface area contributed by atoms with Crippen LogP contribution in [0, 0.1) is 12.8 Å². The number of likely N-dealkylation sites (tertiary alicyclic amines) is 1. The fraction of sp³-hybridized carbons (Fsp3) is 0.548.